The Labute approximate surface area is 72.4 Å². The molecule has 1 atom stereocenters. The molecule has 62 valence electrons. The van der Waals surface area contributed by atoms with Gasteiger partial charge < -0.3 is 0 Å². The average Bonchev–Trinajstić information content (AvgIpc) is 2.12. The molecule has 2 rings (SSSR count). The van der Waals surface area contributed by atoms with E-state index in [1.54, 1.807) is 0 Å². The number of hydrogen-bond donors (Lipinski definition) is 0. The van der Waals surface area contributed by atoms with Crippen LogP contribution in [0.15, 0.2) is 24.3 Å². The van der Waals surface area contributed by atoms with Crippen LogP contribution in [0.4, 0.5) is 0 Å². The first kappa shape index (κ1) is 7.53. The zero-order valence-electron chi connectivity index (χ0n) is 7.21. The SMILES string of the molecule is CC1CCC(=O)c2ccccc21. The van der Waals surface area contributed by atoms with Crippen LogP contribution in [0.1, 0.15) is 41.6 Å². The molecule has 0 fully saturated rings. The third-order valence-electron chi connectivity index (χ3n) is 2.60. The molecular formula is C11H12O. The van der Waals surface area contributed by atoms with Crippen LogP contribution in [-0.2, 0) is 0 Å². The second-order valence-electron chi connectivity index (χ2n) is 3.45. The molecule has 1 aliphatic carbocycles. The Morgan fingerprint density at radius 2 is 2.08 bits per heavy atom. The summed E-state index contributed by atoms with van der Waals surface area (Å²) in [6.45, 7) is 2.19. The van der Waals surface area contributed by atoms with Crippen molar-refractivity contribution in [2.45, 2.75) is 25.7 Å². The number of carbonyl (C=O) groups excluding carboxylic acids is 1. The lowest BCUT2D eigenvalue weighted by Gasteiger charge is -2.20. The molecule has 12 heavy (non-hydrogen) atoms. The molecule has 1 aromatic rings. The number of carbonyl (C=O) groups is 1. The van der Waals surface area contributed by atoms with Crippen molar-refractivity contribution in [3.05, 3.63) is 35.4 Å². The molecule has 0 radical (unpaired) electrons. The van der Waals surface area contributed by atoms with Crippen LogP contribution >= 0.6 is 0 Å². The molecule has 0 spiro atoms. The Balaban J connectivity index is 2.55. The maximum atomic E-state index is 11.4. The van der Waals surface area contributed by atoms with E-state index in [9.17, 15) is 4.79 Å². The minimum Gasteiger partial charge on any atom is -0.294 e. The van der Waals surface area contributed by atoms with Gasteiger partial charge in [0.15, 0.2) is 5.78 Å². The van der Waals surface area contributed by atoms with Crippen LogP contribution in [-0.4, -0.2) is 5.78 Å². The van der Waals surface area contributed by atoms with Crippen molar-refractivity contribution in [2.75, 3.05) is 0 Å². The second-order valence-corrected chi connectivity index (χ2v) is 3.45. The third kappa shape index (κ3) is 1.06. The van der Waals surface area contributed by atoms with Gasteiger partial charge in [0.1, 0.15) is 0 Å². The zero-order chi connectivity index (χ0) is 8.55. The Morgan fingerprint density at radius 1 is 1.33 bits per heavy atom. The van der Waals surface area contributed by atoms with E-state index in [1.807, 2.05) is 18.2 Å². The second kappa shape index (κ2) is 2.74. The van der Waals surface area contributed by atoms with Gasteiger partial charge in [-0.15, -0.1) is 0 Å². The maximum absolute atomic E-state index is 11.4. The van der Waals surface area contributed by atoms with E-state index < -0.39 is 0 Å². The Kier molecular flexibility index (Phi) is 1.72. The molecule has 0 amide bonds. The first-order valence-electron chi connectivity index (χ1n) is 4.41. The van der Waals surface area contributed by atoms with E-state index in [0.29, 0.717) is 11.7 Å². The lowest BCUT2D eigenvalue weighted by molar-refractivity contribution is 0.0968. The lowest BCUT2D eigenvalue weighted by Crippen LogP contribution is -2.13. The number of hydrogen-bond acceptors (Lipinski definition) is 1. The molecule has 0 aromatic heterocycles. The van der Waals surface area contributed by atoms with Gasteiger partial charge >= 0.3 is 0 Å². The summed E-state index contributed by atoms with van der Waals surface area (Å²) in [7, 11) is 0. The molecule has 0 N–H and O–H groups in total. The number of ketones is 1. The van der Waals surface area contributed by atoms with Crippen molar-refractivity contribution in [3.8, 4) is 0 Å². The molecule has 0 aliphatic heterocycles. The highest BCUT2D eigenvalue weighted by Crippen LogP contribution is 2.30. The summed E-state index contributed by atoms with van der Waals surface area (Å²) in [6.07, 6.45) is 1.73. The molecule has 1 nitrogen and oxygen atoms in total. The summed E-state index contributed by atoms with van der Waals surface area (Å²) in [6, 6.07) is 7.95. The molecule has 1 aromatic carbocycles. The van der Waals surface area contributed by atoms with Gasteiger partial charge in [-0.2, -0.15) is 0 Å². The zero-order valence-corrected chi connectivity index (χ0v) is 7.21. The Morgan fingerprint density at radius 3 is 2.83 bits per heavy atom. The average molecular weight is 160 g/mol. The number of Topliss-reactive ketones (excluding diaryl/α,β-unsaturated/α-hetero) is 1. The van der Waals surface area contributed by atoms with E-state index in [2.05, 4.69) is 13.0 Å². The van der Waals surface area contributed by atoms with Gasteiger partial charge in [0.2, 0.25) is 0 Å². The van der Waals surface area contributed by atoms with E-state index in [4.69, 9.17) is 0 Å². The number of fused-ring (bicyclic) bond motifs is 1. The normalized spacial score (nSPS) is 22.1. The van der Waals surface area contributed by atoms with Gasteiger partial charge in [-0.05, 0) is 17.9 Å². The predicted molar refractivity (Wildman–Crippen MR) is 48.4 cm³/mol. The topological polar surface area (TPSA) is 17.1 Å². The largest absolute Gasteiger partial charge is 0.294 e. The fourth-order valence-corrected chi connectivity index (χ4v) is 1.82. The van der Waals surface area contributed by atoms with Gasteiger partial charge in [-0.1, -0.05) is 31.2 Å². The van der Waals surface area contributed by atoms with Gasteiger partial charge in [0, 0.05) is 12.0 Å². The van der Waals surface area contributed by atoms with Crippen molar-refractivity contribution in [1.29, 1.82) is 0 Å². The van der Waals surface area contributed by atoms with Crippen molar-refractivity contribution in [1.82, 2.24) is 0 Å². The van der Waals surface area contributed by atoms with Crippen LogP contribution in [0.25, 0.3) is 0 Å². The van der Waals surface area contributed by atoms with E-state index >= 15 is 0 Å². The van der Waals surface area contributed by atoms with Crippen LogP contribution < -0.4 is 0 Å². The van der Waals surface area contributed by atoms with Crippen molar-refractivity contribution in [2.24, 2.45) is 0 Å². The van der Waals surface area contributed by atoms with Gasteiger partial charge in [-0.25, -0.2) is 0 Å². The predicted octanol–water partition coefficient (Wildman–Crippen LogP) is 2.77. The Hall–Kier alpha value is -1.11. The molecule has 0 saturated heterocycles. The third-order valence-corrected chi connectivity index (χ3v) is 2.60. The maximum Gasteiger partial charge on any atom is 0.163 e. The highest BCUT2D eigenvalue weighted by atomic mass is 16.1. The highest BCUT2D eigenvalue weighted by Gasteiger charge is 2.21. The summed E-state index contributed by atoms with van der Waals surface area (Å²) in [4.78, 5) is 11.4. The van der Waals surface area contributed by atoms with Crippen LogP contribution in [0.5, 0.6) is 0 Å². The van der Waals surface area contributed by atoms with E-state index in [1.165, 1.54) is 5.56 Å². The van der Waals surface area contributed by atoms with Gasteiger partial charge in [0.05, 0.1) is 0 Å². The van der Waals surface area contributed by atoms with E-state index in [0.717, 1.165) is 18.4 Å². The van der Waals surface area contributed by atoms with Gasteiger partial charge in [-0.3, -0.25) is 4.79 Å². The van der Waals surface area contributed by atoms with Crippen molar-refractivity contribution < 1.29 is 4.79 Å². The standard InChI is InChI=1S/C11H12O/c1-8-6-7-11(12)10-5-3-2-4-9(8)10/h2-5,8H,6-7H2,1H3. The minimum atomic E-state index is 0.309. The number of benzene rings is 1. The summed E-state index contributed by atoms with van der Waals surface area (Å²) < 4.78 is 0. The molecule has 0 heterocycles. The molecule has 1 heteroatoms. The monoisotopic (exact) mass is 160 g/mol. The highest BCUT2D eigenvalue weighted by molar-refractivity contribution is 5.98. The van der Waals surface area contributed by atoms with E-state index in [-0.39, 0.29) is 0 Å². The fraction of sp³-hybridized carbons (Fsp3) is 0.364. The fourth-order valence-electron chi connectivity index (χ4n) is 1.82. The quantitative estimate of drug-likeness (QED) is 0.570. The molecule has 1 unspecified atom stereocenters. The lowest BCUT2D eigenvalue weighted by atomic mass is 9.83. The first-order chi connectivity index (χ1) is 5.79. The minimum absolute atomic E-state index is 0.309. The Bertz CT molecular complexity index is 315. The summed E-state index contributed by atoms with van der Waals surface area (Å²) in [5.41, 5.74) is 2.17. The molecule has 0 saturated carbocycles. The summed E-state index contributed by atoms with van der Waals surface area (Å²) in [5, 5.41) is 0. The summed E-state index contributed by atoms with van der Waals surface area (Å²) in [5.74, 6) is 0.864. The van der Waals surface area contributed by atoms with Crippen molar-refractivity contribution >= 4 is 5.78 Å². The van der Waals surface area contributed by atoms with Gasteiger partial charge in [0.25, 0.3) is 0 Å². The van der Waals surface area contributed by atoms with Crippen LogP contribution in [0, 0.1) is 0 Å². The van der Waals surface area contributed by atoms with Crippen LogP contribution in [0.2, 0.25) is 0 Å². The number of rotatable bonds is 0. The van der Waals surface area contributed by atoms with Crippen molar-refractivity contribution in [3.63, 3.8) is 0 Å². The first-order valence-corrected chi connectivity index (χ1v) is 4.41. The summed E-state index contributed by atoms with van der Waals surface area (Å²) >= 11 is 0. The smallest absolute Gasteiger partial charge is 0.163 e. The molecule has 1 aliphatic rings. The van der Waals surface area contributed by atoms with Crippen LogP contribution in [0.3, 0.4) is 0 Å². The molecular weight excluding hydrogens is 148 g/mol. The molecule has 0 bridgehead atoms.